The Balaban J connectivity index is 2.08. The number of halogens is 1. The maximum absolute atomic E-state index is 5.95. The summed E-state index contributed by atoms with van der Waals surface area (Å²) in [6.07, 6.45) is 5.47. The van der Waals surface area contributed by atoms with Gasteiger partial charge in [-0.3, -0.25) is 0 Å². The monoisotopic (exact) mass is 235 g/mol. The Bertz CT molecular complexity index is 532. The molecule has 1 saturated carbocycles. The fourth-order valence-corrected chi connectivity index (χ4v) is 1.80. The third-order valence-corrected chi connectivity index (χ3v) is 2.85. The Kier molecular flexibility index (Phi) is 2.07. The van der Waals surface area contributed by atoms with Crippen molar-refractivity contribution in [1.82, 2.24) is 19.7 Å². The maximum Gasteiger partial charge on any atom is 0.193 e. The Morgan fingerprint density at radius 1 is 1.31 bits per heavy atom. The fraction of sp³-hybridized carbons (Fsp3) is 0.300. The molecular weight excluding hydrogens is 226 g/mol. The Morgan fingerprint density at radius 3 is 2.75 bits per heavy atom. The first kappa shape index (κ1) is 9.59. The highest BCUT2D eigenvalue weighted by molar-refractivity contribution is 6.30. The van der Waals surface area contributed by atoms with Gasteiger partial charge in [0.1, 0.15) is 5.82 Å². The molecule has 2 aromatic rings. The van der Waals surface area contributed by atoms with Crippen molar-refractivity contribution in [2.24, 2.45) is 0 Å². The van der Waals surface area contributed by atoms with E-state index < -0.39 is 0 Å². The second kappa shape index (κ2) is 3.45. The molecule has 1 aliphatic rings. The summed E-state index contributed by atoms with van der Waals surface area (Å²) < 4.78 is 1.54. The molecule has 3 rings (SSSR count). The molecule has 0 aliphatic heterocycles. The second-order valence-corrected chi connectivity index (χ2v) is 4.21. The van der Waals surface area contributed by atoms with Gasteiger partial charge < -0.3 is 5.73 Å². The van der Waals surface area contributed by atoms with Crippen molar-refractivity contribution in [2.45, 2.75) is 18.8 Å². The van der Waals surface area contributed by atoms with Crippen molar-refractivity contribution in [3.05, 3.63) is 29.3 Å². The van der Waals surface area contributed by atoms with Crippen LogP contribution in [0.5, 0.6) is 0 Å². The molecule has 0 spiro atoms. The zero-order valence-electron chi connectivity index (χ0n) is 8.47. The van der Waals surface area contributed by atoms with Gasteiger partial charge in [0.15, 0.2) is 11.0 Å². The number of anilines is 1. The molecule has 0 amide bonds. The van der Waals surface area contributed by atoms with Gasteiger partial charge in [-0.2, -0.15) is 9.78 Å². The van der Waals surface area contributed by atoms with E-state index in [4.69, 9.17) is 17.3 Å². The largest absolute Gasteiger partial charge is 0.384 e. The minimum Gasteiger partial charge on any atom is -0.384 e. The predicted octanol–water partition coefficient (Wildman–Crippen LogP) is 1.78. The molecule has 5 nitrogen and oxygen atoms in total. The lowest BCUT2D eigenvalue weighted by atomic mass is 10.3. The second-order valence-electron chi connectivity index (χ2n) is 3.85. The predicted molar refractivity (Wildman–Crippen MR) is 60.6 cm³/mol. The van der Waals surface area contributed by atoms with Gasteiger partial charge in [0, 0.05) is 24.4 Å². The lowest BCUT2D eigenvalue weighted by Gasteiger charge is -2.03. The zero-order chi connectivity index (χ0) is 11.1. The first-order valence-electron chi connectivity index (χ1n) is 5.08. The Morgan fingerprint density at radius 2 is 2.06 bits per heavy atom. The number of rotatable bonds is 2. The van der Waals surface area contributed by atoms with E-state index in [0.29, 0.717) is 22.7 Å². The van der Waals surface area contributed by atoms with Crippen molar-refractivity contribution in [1.29, 1.82) is 0 Å². The quantitative estimate of drug-likeness (QED) is 0.861. The number of hydrogen-bond donors (Lipinski definition) is 1. The molecule has 2 N–H and O–H groups in total. The van der Waals surface area contributed by atoms with Crippen molar-refractivity contribution in [2.75, 3.05) is 5.73 Å². The average Bonchev–Trinajstić information content (AvgIpc) is 3.04. The van der Waals surface area contributed by atoms with Crippen LogP contribution in [0.1, 0.15) is 24.5 Å². The van der Waals surface area contributed by atoms with Crippen LogP contribution in [0.3, 0.4) is 0 Å². The molecule has 2 heterocycles. The van der Waals surface area contributed by atoms with Gasteiger partial charge in [0.05, 0.1) is 5.69 Å². The molecule has 6 heteroatoms. The van der Waals surface area contributed by atoms with E-state index in [2.05, 4.69) is 15.1 Å². The van der Waals surface area contributed by atoms with E-state index in [-0.39, 0.29) is 0 Å². The third-order valence-electron chi connectivity index (χ3n) is 2.59. The summed E-state index contributed by atoms with van der Waals surface area (Å²) in [5, 5.41) is 4.71. The van der Waals surface area contributed by atoms with Crippen LogP contribution < -0.4 is 5.73 Å². The molecule has 16 heavy (non-hydrogen) atoms. The van der Waals surface area contributed by atoms with E-state index in [1.165, 1.54) is 19.0 Å². The van der Waals surface area contributed by atoms with E-state index in [1.807, 2.05) is 6.07 Å². The van der Waals surface area contributed by atoms with Crippen LogP contribution in [0.2, 0.25) is 5.15 Å². The minimum absolute atomic E-state index is 0.305. The highest BCUT2D eigenvalue weighted by Crippen LogP contribution is 2.40. The average molecular weight is 236 g/mol. The van der Waals surface area contributed by atoms with Gasteiger partial charge in [-0.05, 0) is 12.8 Å². The lowest BCUT2D eigenvalue weighted by Crippen LogP contribution is -2.05. The van der Waals surface area contributed by atoms with Crippen LogP contribution in [-0.2, 0) is 0 Å². The maximum atomic E-state index is 5.95. The van der Waals surface area contributed by atoms with Crippen molar-refractivity contribution >= 4 is 17.4 Å². The summed E-state index contributed by atoms with van der Waals surface area (Å²) in [5.74, 6) is 1.58. The number of hydrogen-bond acceptors (Lipinski definition) is 4. The molecule has 0 bridgehead atoms. The molecule has 82 valence electrons. The minimum atomic E-state index is 0.305. The lowest BCUT2D eigenvalue weighted by molar-refractivity contribution is 0.814. The number of aromatic nitrogens is 4. The van der Waals surface area contributed by atoms with Crippen LogP contribution in [0.25, 0.3) is 5.82 Å². The number of nitrogen functional groups attached to an aromatic ring is 1. The molecule has 0 radical (unpaired) electrons. The van der Waals surface area contributed by atoms with Crippen LogP contribution >= 0.6 is 11.6 Å². The fourth-order valence-electron chi connectivity index (χ4n) is 1.62. The van der Waals surface area contributed by atoms with Gasteiger partial charge in [-0.1, -0.05) is 11.6 Å². The SMILES string of the molecule is Nc1cc(C2CC2)nn1-c1nccnc1Cl. The van der Waals surface area contributed by atoms with Crippen LogP contribution in [0.4, 0.5) is 5.82 Å². The number of nitrogens with two attached hydrogens (primary N) is 1. The van der Waals surface area contributed by atoms with Gasteiger partial charge in [0.2, 0.25) is 0 Å². The summed E-state index contributed by atoms with van der Waals surface area (Å²) in [6.45, 7) is 0. The smallest absolute Gasteiger partial charge is 0.193 e. The van der Waals surface area contributed by atoms with E-state index in [1.54, 1.807) is 10.9 Å². The Hall–Kier alpha value is -1.62. The standard InChI is InChI=1S/C10H10ClN5/c11-9-10(14-4-3-13-9)16-8(12)5-7(15-16)6-1-2-6/h3-6H,1-2,12H2. The van der Waals surface area contributed by atoms with Gasteiger partial charge >= 0.3 is 0 Å². The molecule has 2 aromatic heterocycles. The van der Waals surface area contributed by atoms with E-state index >= 15 is 0 Å². The molecule has 0 saturated heterocycles. The molecule has 0 atom stereocenters. The molecule has 1 fully saturated rings. The zero-order valence-corrected chi connectivity index (χ0v) is 9.22. The van der Waals surface area contributed by atoms with Crippen molar-refractivity contribution in [3.63, 3.8) is 0 Å². The van der Waals surface area contributed by atoms with E-state index in [9.17, 15) is 0 Å². The summed E-state index contributed by atoms with van der Waals surface area (Å²) in [4.78, 5) is 8.08. The number of nitrogens with zero attached hydrogens (tertiary/aromatic N) is 4. The van der Waals surface area contributed by atoms with Crippen molar-refractivity contribution in [3.8, 4) is 5.82 Å². The van der Waals surface area contributed by atoms with Gasteiger partial charge in [-0.25, -0.2) is 9.97 Å². The highest BCUT2D eigenvalue weighted by atomic mass is 35.5. The molecule has 0 aromatic carbocycles. The first-order chi connectivity index (χ1) is 7.75. The van der Waals surface area contributed by atoms with Crippen LogP contribution in [0.15, 0.2) is 18.5 Å². The van der Waals surface area contributed by atoms with E-state index in [0.717, 1.165) is 5.69 Å². The summed E-state index contributed by atoms with van der Waals surface area (Å²) >= 11 is 5.95. The normalized spacial score (nSPS) is 15.3. The van der Waals surface area contributed by atoms with Crippen molar-refractivity contribution < 1.29 is 0 Å². The molecular formula is C10H10ClN5. The highest BCUT2D eigenvalue weighted by Gasteiger charge is 2.27. The Labute approximate surface area is 97.3 Å². The van der Waals surface area contributed by atoms with Crippen LogP contribution in [0, 0.1) is 0 Å². The summed E-state index contributed by atoms with van der Waals surface area (Å²) in [5.41, 5.74) is 6.90. The van der Waals surface area contributed by atoms with Gasteiger partial charge in [0.25, 0.3) is 0 Å². The first-order valence-corrected chi connectivity index (χ1v) is 5.46. The third kappa shape index (κ3) is 1.53. The molecule has 1 aliphatic carbocycles. The summed E-state index contributed by atoms with van der Waals surface area (Å²) in [6, 6.07) is 1.88. The van der Waals surface area contributed by atoms with Gasteiger partial charge in [-0.15, -0.1) is 0 Å². The van der Waals surface area contributed by atoms with Crippen LogP contribution in [-0.4, -0.2) is 19.7 Å². The summed E-state index contributed by atoms with van der Waals surface area (Å²) in [7, 11) is 0. The molecule has 0 unspecified atom stereocenters. The topological polar surface area (TPSA) is 69.6 Å².